The maximum atomic E-state index is 5.28. The lowest BCUT2D eigenvalue weighted by molar-refractivity contribution is 0.667. The van der Waals surface area contributed by atoms with Crippen LogP contribution in [0.15, 0.2) is 182 Å². The highest BCUT2D eigenvalue weighted by molar-refractivity contribution is 6.31. The summed E-state index contributed by atoms with van der Waals surface area (Å²) in [6.07, 6.45) is 0. The van der Waals surface area contributed by atoms with E-state index in [1.165, 1.54) is 65.9 Å². The third-order valence-corrected chi connectivity index (χ3v) is 12.2. The van der Waals surface area contributed by atoms with E-state index in [0.29, 0.717) is 0 Å². The Morgan fingerprint density at radius 1 is 0.456 bits per heavy atom. The molecule has 4 heteroatoms. The predicted octanol–water partition coefficient (Wildman–Crippen LogP) is 13.5. The van der Waals surface area contributed by atoms with Crippen LogP contribution in [0.4, 0.5) is 0 Å². The number of para-hydroxylation sites is 3. The average molecular weight is 729 g/mol. The highest BCUT2D eigenvalue weighted by Gasteiger charge is 2.41. The molecule has 12 rings (SSSR count). The largest absolute Gasteiger partial charge is 0.309 e. The molecule has 3 heterocycles. The lowest BCUT2D eigenvalue weighted by Crippen LogP contribution is -2.15. The molecule has 0 bridgehead atoms. The predicted molar refractivity (Wildman–Crippen MR) is 237 cm³/mol. The third kappa shape index (κ3) is 4.44. The Kier molecular flexibility index (Phi) is 6.65. The first-order valence-corrected chi connectivity index (χ1v) is 19.7. The van der Waals surface area contributed by atoms with Gasteiger partial charge in [0.05, 0.1) is 33.3 Å². The summed E-state index contributed by atoms with van der Waals surface area (Å²) in [7, 11) is 0. The highest BCUT2D eigenvalue weighted by atomic mass is 15.0. The van der Waals surface area contributed by atoms with Gasteiger partial charge in [0.2, 0.25) is 0 Å². The smallest absolute Gasteiger partial charge is 0.160 e. The van der Waals surface area contributed by atoms with E-state index in [1.54, 1.807) is 0 Å². The van der Waals surface area contributed by atoms with Crippen LogP contribution in [0.3, 0.4) is 0 Å². The minimum absolute atomic E-state index is 0.253. The molecule has 1 aliphatic carbocycles. The Balaban J connectivity index is 1.28. The van der Waals surface area contributed by atoms with E-state index in [1.807, 2.05) is 18.2 Å². The van der Waals surface area contributed by atoms with Crippen molar-refractivity contribution >= 4 is 54.5 Å². The zero-order chi connectivity index (χ0) is 37.8. The second kappa shape index (κ2) is 11.8. The fourth-order valence-corrected chi connectivity index (χ4v) is 9.86. The monoisotopic (exact) mass is 728 g/mol. The maximum absolute atomic E-state index is 5.28. The van der Waals surface area contributed by atoms with Crippen LogP contribution in [0.25, 0.3) is 99.7 Å². The van der Waals surface area contributed by atoms with Crippen molar-refractivity contribution in [1.29, 1.82) is 0 Å². The molecule has 0 N–H and O–H groups in total. The van der Waals surface area contributed by atoms with E-state index >= 15 is 0 Å². The fourth-order valence-electron chi connectivity index (χ4n) is 9.86. The van der Waals surface area contributed by atoms with Gasteiger partial charge in [0, 0.05) is 60.4 Å². The summed E-state index contributed by atoms with van der Waals surface area (Å²) in [5.74, 6) is 0.722. The van der Waals surface area contributed by atoms with Gasteiger partial charge in [-0.25, -0.2) is 9.97 Å². The molecule has 0 saturated heterocycles. The van der Waals surface area contributed by atoms with Crippen LogP contribution in [0.2, 0.25) is 0 Å². The minimum Gasteiger partial charge on any atom is -0.309 e. The zero-order valence-electron chi connectivity index (χ0n) is 31.6. The van der Waals surface area contributed by atoms with E-state index in [4.69, 9.17) is 9.97 Å². The summed E-state index contributed by atoms with van der Waals surface area (Å²) in [5, 5.41) is 6.07. The third-order valence-electron chi connectivity index (χ3n) is 12.2. The number of aromatic nitrogens is 4. The highest BCUT2D eigenvalue weighted by Crippen LogP contribution is 2.58. The van der Waals surface area contributed by atoms with Gasteiger partial charge in [-0.05, 0) is 59.2 Å². The van der Waals surface area contributed by atoms with Crippen molar-refractivity contribution in [3.63, 3.8) is 0 Å². The van der Waals surface area contributed by atoms with E-state index < -0.39 is 0 Å². The van der Waals surface area contributed by atoms with Crippen molar-refractivity contribution in [3.8, 4) is 45.1 Å². The molecule has 4 nitrogen and oxygen atoms in total. The molecule has 0 spiro atoms. The van der Waals surface area contributed by atoms with Crippen molar-refractivity contribution in [1.82, 2.24) is 19.1 Å². The van der Waals surface area contributed by atoms with Crippen LogP contribution >= 0.6 is 0 Å². The molecular formula is C53H36N4. The molecule has 0 saturated carbocycles. The Morgan fingerprint density at radius 2 is 1.04 bits per heavy atom. The molecule has 0 aliphatic heterocycles. The van der Waals surface area contributed by atoms with Gasteiger partial charge in [-0.1, -0.05) is 153 Å². The summed E-state index contributed by atoms with van der Waals surface area (Å²) in [4.78, 5) is 10.5. The Bertz CT molecular complexity index is 3410. The van der Waals surface area contributed by atoms with Gasteiger partial charge in [0.1, 0.15) is 0 Å². The molecule has 57 heavy (non-hydrogen) atoms. The number of fused-ring (bicyclic) bond motifs is 13. The summed E-state index contributed by atoms with van der Waals surface area (Å²) >= 11 is 0. The molecule has 3 aromatic heterocycles. The molecule has 11 aromatic rings. The lowest BCUT2D eigenvalue weighted by Gasteiger charge is -2.23. The zero-order valence-corrected chi connectivity index (χ0v) is 31.6. The number of benzene rings is 8. The lowest BCUT2D eigenvalue weighted by atomic mass is 9.80. The normalized spacial score (nSPS) is 13.2. The average Bonchev–Trinajstić information content (AvgIpc) is 3.87. The van der Waals surface area contributed by atoms with Crippen LogP contribution < -0.4 is 0 Å². The Hall–Kier alpha value is -7.30. The molecule has 1 aliphatic rings. The summed E-state index contributed by atoms with van der Waals surface area (Å²) < 4.78 is 5.03. The van der Waals surface area contributed by atoms with Crippen molar-refractivity contribution < 1.29 is 0 Å². The van der Waals surface area contributed by atoms with Gasteiger partial charge >= 0.3 is 0 Å². The Labute approximate surface area is 329 Å². The second-order valence-electron chi connectivity index (χ2n) is 15.7. The number of nitrogens with zero attached hydrogens (tertiary/aromatic N) is 4. The molecule has 0 atom stereocenters. The minimum atomic E-state index is -0.253. The maximum Gasteiger partial charge on any atom is 0.160 e. The van der Waals surface area contributed by atoms with Gasteiger partial charge in [-0.3, -0.25) is 0 Å². The summed E-state index contributed by atoms with van der Waals surface area (Å²) in [6.45, 7) is 4.82. The van der Waals surface area contributed by atoms with Crippen LogP contribution in [-0.2, 0) is 5.41 Å². The summed E-state index contributed by atoms with van der Waals surface area (Å²) in [5.41, 5.74) is 16.1. The number of hydrogen-bond donors (Lipinski definition) is 0. The van der Waals surface area contributed by atoms with E-state index in [0.717, 1.165) is 44.9 Å². The first kappa shape index (κ1) is 32.0. The van der Waals surface area contributed by atoms with E-state index in [9.17, 15) is 0 Å². The van der Waals surface area contributed by atoms with Crippen LogP contribution in [0.5, 0.6) is 0 Å². The standard InChI is InChI=1S/C53H36N4/c1-53(2)41-27-15-12-24-37(41)45-48(53)46-38-25-13-16-28-43(38)57(51(46)47-39-26-14-17-29-44(39)56(50(45)47)35-22-10-5-11-23-35)36-30-31-42-40(32-36)49(33-18-6-3-7-19-33)55-52(54-42)34-20-8-4-9-21-34/h3-32H,1-2H3. The summed E-state index contributed by atoms with van der Waals surface area (Å²) in [6, 6.07) is 65.4. The number of rotatable bonds is 4. The fraction of sp³-hybridized carbons (Fsp3) is 0.0566. The molecule has 0 unspecified atom stereocenters. The van der Waals surface area contributed by atoms with Crippen LogP contribution in [0.1, 0.15) is 25.0 Å². The first-order valence-electron chi connectivity index (χ1n) is 19.7. The Morgan fingerprint density at radius 3 is 1.75 bits per heavy atom. The van der Waals surface area contributed by atoms with E-state index in [-0.39, 0.29) is 5.41 Å². The van der Waals surface area contributed by atoms with Crippen molar-refractivity contribution in [2.75, 3.05) is 0 Å². The molecule has 0 fully saturated rings. The van der Waals surface area contributed by atoms with Gasteiger partial charge < -0.3 is 9.13 Å². The number of hydrogen-bond acceptors (Lipinski definition) is 2. The molecule has 268 valence electrons. The second-order valence-corrected chi connectivity index (χ2v) is 15.7. The van der Waals surface area contributed by atoms with Gasteiger partial charge in [-0.15, -0.1) is 0 Å². The van der Waals surface area contributed by atoms with Gasteiger partial charge in [0.15, 0.2) is 5.82 Å². The van der Waals surface area contributed by atoms with Crippen LogP contribution in [-0.4, -0.2) is 19.1 Å². The van der Waals surface area contributed by atoms with Crippen molar-refractivity contribution in [3.05, 3.63) is 193 Å². The molecule has 0 amide bonds. The molecule has 0 radical (unpaired) electrons. The van der Waals surface area contributed by atoms with Crippen LogP contribution in [0, 0.1) is 0 Å². The SMILES string of the molecule is CC1(C)c2ccccc2-c2c1c1c3ccccc3n(-c3ccc4nc(-c5ccccc5)nc(-c5ccccc5)c4c3)c1c1c3ccccc3n(-c3ccccc3)c21. The van der Waals surface area contributed by atoms with Gasteiger partial charge in [-0.2, -0.15) is 0 Å². The topological polar surface area (TPSA) is 35.6 Å². The van der Waals surface area contributed by atoms with Gasteiger partial charge in [0.25, 0.3) is 0 Å². The molecular weight excluding hydrogens is 693 g/mol. The molecule has 8 aromatic carbocycles. The van der Waals surface area contributed by atoms with E-state index in [2.05, 4.69) is 187 Å². The van der Waals surface area contributed by atoms with Crippen molar-refractivity contribution in [2.24, 2.45) is 0 Å². The quantitative estimate of drug-likeness (QED) is 0.181. The van der Waals surface area contributed by atoms with Crippen molar-refractivity contribution in [2.45, 2.75) is 19.3 Å². The first-order chi connectivity index (χ1) is 28.1.